The van der Waals surface area contributed by atoms with Crippen molar-refractivity contribution >= 4 is 27.8 Å². The topological polar surface area (TPSA) is 77.2 Å². The van der Waals surface area contributed by atoms with Gasteiger partial charge in [0, 0.05) is 28.9 Å². The van der Waals surface area contributed by atoms with Gasteiger partial charge in [0.2, 0.25) is 0 Å². The van der Waals surface area contributed by atoms with E-state index in [0.29, 0.717) is 19.1 Å². The number of amides is 1. The number of ether oxygens (including phenoxy) is 2. The van der Waals surface area contributed by atoms with Crippen LogP contribution in [0.15, 0.2) is 27.7 Å². The minimum Gasteiger partial charge on any atom is -0.489 e. The second-order valence-corrected chi connectivity index (χ2v) is 8.93. The van der Waals surface area contributed by atoms with Gasteiger partial charge in [0.15, 0.2) is 11.5 Å². The third kappa shape index (κ3) is 2.13. The highest BCUT2D eigenvalue weighted by molar-refractivity contribution is 9.10. The first-order valence-corrected chi connectivity index (χ1v) is 9.95. The van der Waals surface area contributed by atoms with Crippen molar-refractivity contribution in [1.82, 2.24) is 4.90 Å². The lowest BCUT2D eigenvalue weighted by atomic mass is 9.64. The van der Waals surface area contributed by atoms with Crippen LogP contribution < -0.4 is 10.5 Å². The third-order valence-electron chi connectivity index (χ3n) is 6.66. The van der Waals surface area contributed by atoms with Gasteiger partial charge in [-0.1, -0.05) is 15.9 Å². The molecule has 1 aromatic carbocycles. The predicted octanol–water partition coefficient (Wildman–Crippen LogP) is 2.54. The van der Waals surface area contributed by atoms with Gasteiger partial charge in [0.25, 0.3) is 5.91 Å². The van der Waals surface area contributed by atoms with Crippen LogP contribution in [0.5, 0.6) is 5.75 Å². The molecule has 6 nitrogen and oxygen atoms in total. The van der Waals surface area contributed by atoms with Crippen molar-refractivity contribution in [3.63, 3.8) is 0 Å². The minimum atomic E-state index is -0.996. The molecule has 2 unspecified atom stereocenters. The summed E-state index contributed by atoms with van der Waals surface area (Å²) in [4.78, 5) is 19.4. The normalized spacial score (nSPS) is 38.3. The third-order valence-corrected chi connectivity index (χ3v) is 7.16. The Morgan fingerprint density at radius 2 is 2.12 bits per heavy atom. The van der Waals surface area contributed by atoms with E-state index in [2.05, 4.69) is 20.9 Å². The van der Waals surface area contributed by atoms with Crippen molar-refractivity contribution in [2.24, 2.45) is 16.1 Å². The summed E-state index contributed by atoms with van der Waals surface area (Å²) in [6.07, 6.45) is 5.09. The minimum absolute atomic E-state index is 0.0434. The van der Waals surface area contributed by atoms with Crippen molar-refractivity contribution in [3.05, 3.63) is 28.2 Å². The fraction of sp³-hybridized carbons (Fsp3) is 0.579. The van der Waals surface area contributed by atoms with Gasteiger partial charge in [-0.15, -0.1) is 0 Å². The van der Waals surface area contributed by atoms with Crippen LogP contribution in [0.1, 0.15) is 37.7 Å². The zero-order valence-electron chi connectivity index (χ0n) is 14.7. The van der Waals surface area contributed by atoms with Crippen LogP contribution in [0.25, 0.3) is 0 Å². The number of nitrogens with zero attached hydrogens (tertiary/aromatic N) is 2. The number of hydrogen-bond donors (Lipinski definition) is 1. The van der Waals surface area contributed by atoms with Crippen LogP contribution in [-0.2, 0) is 15.1 Å². The highest BCUT2D eigenvalue weighted by atomic mass is 79.9. The Hall–Kier alpha value is -1.60. The molecular weight excluding hydrogens is 398 g/mol. The summed E-state index contributed by atoms with van der Waals surface area (Å²) < 4.78 is 13.4. The number of aliphatic imine (C=N–C) groups is 1. The average Bonchev–Trinajstić information content (AvgIpc) is 2.88. The molecule has 7 heteroatoms. The summed E-state index contributed by atoms with van der Waals surface area (Å²) >= 11 is 3.51. The lowest BCUT2D eigenvalue weighted by molar-refractivity contribution is -0.164. The van der Waals surface area contributed by atoms with E-state index < -0.39 is 5.54 Å². The van der Waals surface area contributed by atoms with E-state index in [4.69, 9.17) is 15.2 Å². The molecule has 138 valence electrons. The summed E-state index contributed by atoms with van der Waals surface area (Å²) in [5, 5.41) is 0. The van der Waals surface area contributed by atoms with E-state index in [1.165, 1.54) is 4.90 Å². The molecule has 0 aromatic heterocycles. The number of likely N-dealkylation sites (N-methyl/N-ethyl adjacent to an activating group) is 1. The Morgan fingerprint density at radius 1 is 1.35 bits per heavy atom. The molecule has 6 rings (SSSR count). The number of benzene rings is 1. The molecule has 0 radical (unpaired) electrons. The van der Waals surface area contributed by atoms with Gasteiger partial charge in [-0.3, -0.25) is 9.69 Å². The van der Waals surface area contributed by atoms with Gasteiger partial charge in [-0.2, -0.15) is 0 Å². The molecule has 1 aliphatic carbocycles. The number of hydrogen-bond acceptors (Lipinski definition) is 5. The second kappa shape index (κ2) is 5.45. The second-order valence-electron chi connectivity index (χ2n) is 8.02. The molecule has 2 bridgehead atoms. The number of guanidine groups is 1. The molecule has 5 aliphatic rings. The first-order valence-electron chi connectivity index (χ1n) is 9.15. The van der Waals surface area contributed by atoms with Crippen molar-refractivity contribution in [2.45, 2.75) is 49.9 Å². The van der Waals surface area contributed by atoms with Gasteiger partial charge in [-0.05, 0) is 43.9 Å². The van der Waals surface area contributed by atoms with Crippen LogP contribution in [0.4, 0.5) is 0 Å². The van der Waals surface area contributed by atoms with Crippen LogP contribution in [0.3, 0.4) is 0 Å². The average molecular weight is 420 g/mol. The molecule has 1 aromatic rings. The van der Waals surface area contributed by atoms with Crippen molar-refractivity contribution in [1.29, 1.82) is 0 Å². The molecule has 2 saturated heterocycles. The highest BCUT2D eigenvalue weighted by Gasteiger charge is 2.58. The molecule has 1 spiro atoms. The number of carbonyl (C=O) groups excluding carboxylic acids is 1. The summed E-state index contributed by atoms with van der Waals surface area (Å²) in [5.74, 6) is 0.916. The lowest BCUT2D eigenvalue weighted by Crippen LogP contribution is -2.56. The van der Waals surface area contributed by atoms with Gasteiger partial charge in [-0.25, -0.2) is 4.99 Å². The Labute approximate surface area is 160 Å². The standard InChI is InChI=1S/C19H22BrN3O3/c1-23-16(24)19(22-17(23)21)9-15(18-6-4-12(5-7-18)25-10-18)26-14-3-2-11(20)8-13(14)19/h2-3,8,12,15H,4-7,9-10H2,1H3,(H2,21,22). The zero-order valence-corrected chi connectivity index (χ0v) is 16.3. The smallest absolute Gasteiger partial charge is 0.261 e. The maximum Gasteiger partial charge on any atom is 0.261 e. The summed E-state index contributed by atoms with van der Waals surface area (Å²) in [6.45, 7) is 0.702. The Kier molecular flexibility index (Phi) is 3.47. The highest BCUT2D eigenvalue weighted by Crippen LogP contribution is 2.54. The van der Waals surface area contributed by atoms with E-state index in [1.807, 2.05) is 18.2 Å². The number of nitrogens with two attached hydrogens (primary N) is 1. The van der Waals surface area contributed by atoms with Gasteiger partial charge in [0.1, 0.15) is 11.9 Å². The Bertz CT molecular complexity index is 804. The van der Waals surface area contributed by atoms with E-state index in [1.54, 1.807) is 7.05 Å². The molecule has 26 heavy (non-hydrogen) atoms. The van der Waals surface area contributed by atoms with Gasteiger partial charge >= 0.3 is 0 Å². The lowest BCUT2D eigenvalue weighted by Gasteiger charge is -2.52. The fourth-order valence-corrected chi connectivity index (χ4v) is 5.39. The monoisotopic (exact) mass is 419 g/mol. The molecule has 4 aliphatic heterocycles. The SMILES string of the molecule is CN1C(=O)C2(CC(C34CCC(CC3)OC4)Oc3ccc(Br)cc32)N=C1N. The first kappa shape index (κ1) is 16.6. The molecule has 2 N–H and O–H groups in total. The molecule has 1 saturated carbocycles. The molecule has 4 heterocycles. The van der Waals surface area contributed by atoms with Crippen LogP contribution >= 0.6 is 15.9 Å². The fourth-order valence-electron chi connectivity index (χ4n) is 5.03. The Morgan fingerprint density at radius 3 is 2.73 bits per heavy atom. The number of halogens is 1. The maximum absolute atomic E-state index is 13.2. The van der Waals surface area contributed by atoms with Crippen molar-refractivity contribution in [3.8, 4) is 5.75 Å². The van der Waals surface area contributed by atoms with Crippen LogP contribution in [0, 0.1) is 5.41 Å². The van der Waals surface area contributed by atoms with E-state index in [9.17, 15) is 4.79 Å². The predicted molar refractivity (Wildman–Crippen MR) is 99.9 cm³/mol. The summed E-state index contributed by atoms with van der Waals surface area (Å²) in [7, 11) is 1.69. The maximum atomic E-state index is 13.2. The quantitative estimate of drug-likeness (QED) is 0.758. The van der Waals surface area contributed by atoms with Gasteiger partial charge in [0.05, 0.1) is 12.7 Å². The Balaban J connectivity index is 1.63. The van der Waals surface area contributed by atoms with Crippen LogP contribution in [-0.4, -0.2) is 42.6 Å². The first-order chi connectivity index (χ1) is 12.4. The number of carbonyl (C=O) groups is 1. The van der Waals surface area contributed by atoms with Crippen LogP contribution in [0.2, 0.25) is 0 Å². The van der Waals surface area contributed by atoms with E-state index in [-0.39, 0.29) is 23.4 Å². The van der Waals surface area contributed by atoms with E-state index in [0.717, 1.165) is 41.5 Å². The summed E-state index contributed by atoms with van der Waals surface area (Å²) in [5.41, 5.74) is 5.80. The van der Waals surface area contributed by atoms with Crippen molar-refractivity contribution < 1.29 is 14.3 Å². The van der Waals surface area contributed by atoms with E-state index >= 15 is 0 Å². The van der Waals surface area contributed by atoms with Gasteiger partial charge < -0.3 is 15.2 Å². The summed E-state index contributed by atoms with van der Waals surface area (Å²) in [6, 6.07) is 5.80. The zero-order chi connectivity index (χ0) is 18.1. The number of rotatable bonds is 1. The molecule has 3 fully saturated rings. The van der Waals surface area contributed by atoms with Crippen molar-refractivity contribution in [2.75, 3.05) is 13.7 Å². The largest absolute Gasteiger partial charge is 0.489 e. The molecule has 1 amide bonds. The number of fused-ring (bicyclic) bond motifs is 5. The molecule has 2 atom stereocenters. The molecular formula is C19H22BrN3O3.